The average Bonchev–Trinajstić information content (AvgIpc) is 3.37. The fraction of sp³-hybridized carbons (Fsp3) is 0.806. The van der Waals surface area contributed by atoms with Crippen molar-refractivity contribution < 1.29 is 33.6 Å². The van der Waals surface area contributed by atoms with Crippen molar-refractivity contribution in [3.63, 3.8) is 0 Å². The molecule has 7 nitrogen and oxygen atoms in total. The molecule has 0 saturated carbocycles. The molecule has 0 aliphatic rings. The van der Waals surface area contributed by atoms with Crippen molar-refractivity contribution in [2.24, 2.45) is 63.1 Å². The van der Waals surface area contributed by atoms with E-state index in [2.05, 4.69) is 138 Å². The summed E-state index contributed by atoms with van der Waals surface area (Å²) in [4.78, 5) is 26.3. The van der Waals surface area contributed by atoms with Crippen molar-refractivity contribution in [3.05, 3.63) is 71.8 Å². The normalized spacial score (nSPS) is 15.4. The van der Waals surface area contributed by atoms with Crippen molar-refractivity contribution in [2.45, 2.75) is 270 Å². The summed E-state index contributed by atoms with van der Waals surface area (Å²) in [6, 6.07) is 28.9. The molecular weight excluding hydrogens is 1030 g/mol. The van der Waals surface area contributed by atoms with Crippen LogP contribution in [0, 0.1) is 63.1 Å². The molecule has 9 heteroatoms. The van der Waals surface area contributed by atoms with Crippen LogP contribution in [0.25, 0.3) is 0 Å². The summed E-state index contributed by atoms with van der Waals surface area (Å²) in [6.45, 7) is 51.7. The molecule has 0 fully saturated rings. The number of carbonyl (C=O) groups excluding carboxylic acids is 2. The molecule has 0 heterocycles. The van der Waals surface area contributed by atoms with Crippen LogP contribution in [0.4, 0.5) is 0 Å². The first-order valence-corrected chi connectivity index (χ1v) is 38.6. The predicted octanol–water partition coefficient (Wildman–Crippen LogP) is 20.4. The van der Waals surface area contributed by atoms with Gasteiger partial charge in [-0.05, 0) is 138 Å². The summed E-state index contributed by atoms with van der Waals surface area (Å²) in [6.07, 6.45) is 12.9. The van der Waals surface area contributed by atoms with Gasteiger partial charge < -0.3 is 24.1 Å². The zero-order chi connectivity index (χ0) is 61.3. The van der Waals surface area contributed by atoms with Gasteiger partial charge in [0.1, 0.15) is 6.61 Å². The predicted molar refractivity (Wildman–Crippen MR) is 354 cm³/mol. The van der Waals surface area contributed by atoms with Crippen molar-refractivity contribution in [1.29, 1.82) is 0 Å². The molecule has 0 spiro atoms. The molecule has 470 valence electrons. The molecule has 6 unspecified atom stereocenters. The van der Waals surface area contributed by atoms with Crippen molar-refractivity contribution in [1.82, 2.24) is 0 Å². The van der Waals surface area contributed by atoms with Gasteiger partial charge in [-0.2, -0.15) is 0 Å². The Balaban J connectivity index is 0.000000932. The molecule has 0 aromatic heterocycles. The van der Waals surface area contributed by atoms with Crippen LogP contribution >= 0.6 is 0 Å². The minimum absolute atomic E-state index is 0.00684. The lowest BCUT2D eigenvalue weighted by Gasteiger charge is -2.32. The van der Waals surface area contributed by atoms with Crippen molar-refractivity contribution >= 4 is 28.1 Å². The highest BCUT2D eigenvalue weighted by molar-refractivity contribution is 6.80. The fourth-order valence-corrected chi connectivity index (χ4v) is 20.3. The first-order chi connectivity index (χ1) is 37.8. The van der Waals surface area contributed by atoms with Crippen LogP contribution in [-0.4, -0.2) is 72.8 Å². The number of rotatable bonds is 40. The van der Waals surface area contributed by atoms with E-state index in [1.807, 2.05) is 60.7 Å². The van der Waals surface area contributed by atoms with E-state index in [9.17, 15) is 14.7 Å². The summed E-state index contributed by atoms with van der Waals surface area (Å²) in [5, 5.41) is 9.47. The van der Waals surface area contributed by atoms with E-state index >= 15 is 0 Å². The van der Waals surface area contributed by atoms with Gasteiger partial charge in [-0.1, -0.05) is 248 Å². The van der Waals surface area contributed by atoms with Crippen LogP contribution < -0.4 is 0 Å². The van der Waals surface area contributed by atoms with Crippen LogP contribution in [-0.2, 0) is 41.6 Å². The minimum Gasteiger partial charge on any atom is -0.466 e. The molecule has 0 aliphatic heterocycles. The Morgan fingerprint density at radius 2 is 0.889 bits per heavy atom. The molecular formula is C72H132O7Si2. The standard InChI is InChI=1S/C45H74O5Si.C27H58O2Si/c1-11-51(12-2,28-19-26-48-35-40(37(4)33-45(8,9)10)25-24-36(3)32-44(5,6)7)29-27-49-43(47)41(30-38-20-15-13-16-21-38)31-42(46)50-34-39-22-17-14-18-23-39;1-11-30(12-2,19-16-28)18-13-17-29-22-25(24(4)21-27(8,9)10)15-14-23(3)20-26(5,6)7/h13-18,20-23,36-37,40-41H,11-12,19,24-35H2,1-10H3;23-25,28H,11-22H2,1-10H3/t36?,37?,40?,41-;/m1./s1. The zero-order valence-electron chi connectivity index (χ0n) is 56.8. The maximum absolute atomic E-state index is 13.5. The maximum Gasteiger partial charge on any atom is 0.309 e. The molecule has 0 bridgehead atoms. The highest BCUT2D eigenvalue weighted by Crippen LogP contribution is 2.37. The highest BCUT2D eigenvalue weighted by Gasteiger charge is 2.32. The third-order valence-corrected chi connectivity index (χ3v) is 29.3. The lowest BCUT2D eigenvalue weighted by molar-refractivity contribution is -0.155. The maximum atomic E-state index is 13.5. The molecule has 0 radical (unpaired) electrons. The second-order valence-electron chi connectivity index (χ2n) is 30.8. The van der Waals surface area contributed by atoms with Gasteiger partial charge in [-0.15, -0.1) is 0 Å². The van der Waals surface area contributed by atoms with Crippen LogP contribution in [0.3, 0.4) is 0 Å². The minimum atomic E-state index is -1.63. The summed E-state index contributed by atoms with van der Waals surface area (Å²) >= 11 is 0. The Morgan fingerprint density at radius 1 is 0.494 bits per heavy atom. The van der Waals surface area contributed by atoms with E-state index in [-0.39, 0.29) is 25.0 Å². The van der Waals surface area contributed by atoms with Gasteiger partial charge in [0.25, 0.3) is 0 Å². The number of hydrogen-bond acceptors (Lipinski definition) is 7. The Labute approximate surface area is 504 Å². The lowest BCUT2D eigenvalue weighted by atomic mass is 9.76. The number of aliphatic hydroxyl groups excluding tert-OH is 1. The Morgan fingerprint density at radius 3 is 1.27 bits per heavy atom. The monoisotopic (exact) mass is 1160 g/mol. The molecule has 81 heavy (non-hydrogen) atoms. The Bertz CT molecular complexity index is 1890. The number of carbonyl (C=O) groups is 2. The quantitative estimate of drug-likeness (QED) is 0.0404. The SMILES string of the molecule is CC[Si](CC)(CCCOCC(CCC(C)CC(C)(C)C)C(C)CC(C)(C)C)CCOC(=O)[C@@H](CC(=O)OCc1ccccc1)Cc1ccccc1.CC[Si](CC)(CCO)CCCOCC(CCC(C)CC(C)(C)C)C(C)CC(C)(C)C. The first-order valence-electron chi connectivity index (χ1n) is 33.0. The molecule has 2 rings (SSSR count). The highest BCUT2D eigenvalue weighted by atomic mass is 28.3. The Hall–Kier alpha value is -2.31. The average molecular weight is 1170 g/mol. The van der Waals surface area contributed by atoms with E-state index < -0.39 is 22.1 Å². The molecule has 1 N–H and O–H groups in total. The smallest absolute Gasteiger partial charge is 0.309 e. The second kappa shape index (κ2) is 39.4. The number of hydrogen-bond donors (Lipinski definition) is 1. The van der Waals surface area contributed by atoms with Gasteiger partial charge in [-0.25, -0.2) is 0 Å². The van der Waals surface area contributed by atoms with Crippen LogP contribution in [0.5, 0.6) is 0 Å². The molecule has 0 amide bonds. The van der Waals surface area contributed by atoms with E-state index in [1.54, 1.807) is 0 Å². The second-order valence-corrected chi connectivity index (χ2v) is 41.6. The largest absolute Gasteiger partial charge is 0.466 e. The lowest BCUT2D eigenvalue weighted by Crippen LogP contribution is -2.35. The number of benzene rings is 2. The molecule has 2 aromatic carbocycles. The fourth-order valence-electron chi connectivity index (χ4n) is 13.2. The topological polar surface area (TPSA) is 91.3 Å². The van der Waals surface area contributed by atoms with Gasteiger partial charge in [0, 0.05) is 33.0 Å². The summed E-state index contributed by atoms with van der Waals surface area (Å²) < 4.78 is 24.2. The summed E-state index contributed by atoms with van der Waals surface area (Å²) in [7, 11) is -2.89. The van der Waals surface area contributed by atoms with E-state index in [1.165, 1.54) is 82.0 Å². The van der Waals surface area contributed by atoms with Gasteiger partial charge >= 0.3 is 11.9 Å². The number of aliphatic hydroxyl groups is 1. The van der Waals surface area contributed by atoms with Gasteiger partial charge in [0.05, 0.1) is 35.1 Å². The number of esters is 2. The summed E-state index contributed by atoms with van der Waals surface area (Å²) in [5.74, 6) is 2.86. The van der Waals surface area contributed by atoms with Gasteiger partial charge in [-0.3, -0.25) is 9.59 Å². The van der Waals surface area contributed by atoms with E-state index in [0.29, 0.717) is 65.0 Å². The van der Waals surface area contributed by atoms with Crippen LogP contribution in [0.1, 0.15) is 220 Å². The van der Waals surface area contributed by atoms with Crippen LogP contribution in [0.2, 0.25) is 48.4 Å². The molecule has 7 atom stereocenters. The number of ether oxygens (including phenoxy) is 4. The summed E-state index contributed by atoms with van der Waals surface area (Å²) in [5.41, 5.74) is 3.43. The van der Waals surface area contributed by atoms with Gasteiger partial charge in [0.2, 0.25) is 0 Å². The third kappa shape index (κ3) is 37.0. The molecule has 0 aliphatic carbocycles. The first kappa shape index (κ1) is 76.7. The van der Waals surface area contributed by atoms with Gasteiger partial charge in [0.15, 0.2) is 0 Å². The van der Waals surface area contributed by atoms with E-state index in [4.69, 9.17) is 18.9 Å². The molecule has 0 saturated heterocycles. The van der Waals surface area contributed by atoms with Crippen molar-refractivity contribution in [3.8, 4) is 0 Å². The van der Waals surface area contributed by atoms with Crippen molar-refractivity contribution in [2.75, 3.05) is 39.6 Å². The molecule has 2 aromatic rings. The van der Waals surface area contributed by atoms with Crippen LogP contribution in [0.15, 0.2) is 60.7 Å². The third-order valence-electron chi connectivity index (χ3n) is 17.9. The van der Waals surface area contributed by atoms with E-state index in [0.717, 1.165) is 80.0 Å². The Kier molecular flexibility index (Phi) is 37.3. The zero-order valence-corrected chi connectivity index (χ0v) is 58.8.